The van der Waals surface area contributed by atoms with Gasteiger partial charge >= 0.3 is 5.97 Å². The summed E-state index contributed by atoms with van der Waals surface area (Å²) in [7, 11) is 0. The first-order valence-corrected chi connectivity index (χ1v) is 5.38. The maximum absolute atomic E-state index is 11.5. The van der Waals surface area contributed by atoms with Crippen LogP contribution < -0.4 is 0 Å². The van der Waals surface area contributed by atoms with E-state index in [4.69, 9.17) is 4.74 Å². The summed E-state index contributed by atoms with van der Waals surface area (Å²) in [5, 5.41) is 18.9. The first kappa shape index (κ1) is 11.0. The van der Waals surface area contributed by atoms with Crippen LogP contribution in [0.5, 0.6) is 0 Å². The zero-order valence-corrected chi connectivity index (χ0v) is 9.06. The highest BCUT2D eigenvalue weighted by molar-refractivity contribution is 5.97. The maximum Gasteiger partial charge on any atom is 0.344 e. The lowest BCUT2D eigenvalue weighted by atomic mass is 9.94. The Balaban J connectivity index is 2.34. The van der Waals surface area contributed by atoms with E-state index in [0.717, 1.165) is 12.8 Å². The molecule has 0 spiro atoms. The van der Waals surface area contributed by atoms with Crippen molar-refractivity contribution in [2.24, 2.45) is 0 Å². The van der Waals surface area contributed by atoms with Crippen molar-refractivity contribution in [2.75, 3.05) is 0 Å². The number of unbranched alkanes of at least 4 members (excludes halogenated alkanes) is 1. The number of hydrogen-bond donors (Lipinski definition) is 2. The van der Waals surface area contributed by atoms with Crippen LogP contribution in [-0.2, 0) is 9.53 Å². The summed E-state index contributed by atoms with van der Waals surface area (Å²) in [5.41, 5.74) is 1.06. The van der Waals surface area contributed by atoms with E-state index in [9.17, 15) is 15.0 Å². The maximum atomic E-state index is 11.5. The van der Waals surface area contributed by atoms with Gasteiger partial charge in [0, 0.05) is 12.0 Å². The van der Waals surface area contributed by atoms with Crippen molar-refractivity contribution in [1.29, 1.82) is 0 Å². The summed E-state index contributed by atoms with van der Waals surface area (Å²) in [6.07, 6.45) is 4.23. The third kappa shape index (κ3) is 1.76. The summed E-state index contributed by atoms with van der Waals surface area (Å²) >= 11 is 0. The number of carbonyl (C=O) groups is 1. The smallest absolute Gasteiger partial charge is 0.344 e. The lowest BCUT2D eigenvalue weighted by Crippen LogP contribution is -2.16. The van der Waals surface area contributed by atoms with Crippen LogP contribution in [0.25, 0.3) is 0 Å². The number of ether oxygens (including phenoxy) is 1. The third-order valence-corrected chi connectivity index (χ3v) is 2.69. The largest absolute Gasteiger partial charge is 0.510 e. The standard InChI is InChI=1S/C12H14O4/c1-2-3-4-11-7-5-9(13)10(14)6-8(7)12(15)16-11/h4,6,9,13-14H,2-3,5H2,1H3/b11-4+. The monoisotopic (exact) mass is 222 g/mol. The van der Waals surface area contributed by atoms with Crippen LogP contribution in [-0.4, -0.2) is 22.3 Å². The molecule has 0 amide bonds. The molecule has 2 rings (SSSR count). The molecule has 1 aliphatic carbocycles. The average Bonchev–Trinajstić information content (AvgIpc) is 2.54. The third-order valence-electron chi connectivity index (χ3n) is 2.69. The average molecular weight is 222 g/mol. The molecule has 0 aromatic rings. The van der Waals surface area contributed by atoms with Gasteiger partial charge < -0.3 is 14.9 Å². The molecule has 4 heteroatoms. The molecule has 0 saturated heterocycles. The summed E-state index contributed by atoms with van der Waals surface area (Å²) in [6, 6.07) is 0. The van der Waals surface area contributed by atoms with Gasteiger partial charge in [-0.15, -0.1) is 0 Å². The first-order chi connectivity index (χ1) is 7.63. The van der Waals surface area contributed by atoms with E-state index in [1.165, 1.54) is 6.08 Å². The van der Waals surface area contributed by atoms with Crippen molar-refractivity contribution in [3.63, 3.8) is 0 Å². The van der Waals surface area contributed by atoms with Crippen LogP contribution in [0.1, 0.15) is 26.2 Å². The minimum atomic E-state index is -0.932. The van der Waals surface area contributed by atoms with Gasteiger partial charge in [0.25, 0.3) is 0 Å². The molecular weight excluding hydrogens is 208 g/mol. The highest BCUT2D eigenvalue weighted by Gasteiger charge is 2.34. The van der Waals surface area contributed by atoms with Crippen LogP contribution in [0.3, 0.4) is 0 Å². The minimum Gasteiger partial charge on any atom is -0.510 e. The number of hydrogen-bond acceptors (Lipinski definition) is 4. The Labute approximate surface area is 93.5 Å². The summed E-state index contributed by atoms with van der Waals surface area (Å²) in [5.74, 6) is -0.0899. The van der Waals surface area contributed by atoms with E-state index < -0.39 is 12.1 Å². The Morgan fingerprint density at radius 3 is 3.06 bits per heavy atom. The Morgan fingerprint density at radius 2 is 2.38 bits per heavy atom. The number of allylic oxidation sites excluding steroid dienone is 2. The van der Waals surface area contributed by atoms with E-state index in [1.54, 1.807) is 0 Å². The Kier molecular flexibility index (Phi) is 2.83. The number of cyclic esters (lactones) is 1. The van der Waals surface area contributed by atoms with E-state index in [2.05, 4.69) is 0 Å². The summed E-state index contributed by atoms with van der Waals surface area (Å²) < 4.78 is 5.09. The number of aliphatic hydroxyl groups is 2. The fraction of sp³-hybridized carbons (Fsp3) is 0.417. The van der Waals surface area contributed by atoms with Gasteiger partial charge in [-0.1, -0.05) is 13.3 Å². The zero-order valence-electron chi connectivity index (χ0n) is 9.06. The SMILES string of the molecule is CCC/C=C1/OC(=O)C2=C1CC(O)C(O)=C2. The van der Waals surface area contributed by atoms with Gasteiger partial charge in [0.05, 0.1) is 5.57 Å². The van der Waals surface area contributed by atoms with Crippen LogP contribution in [0.4, 0.5) is 0 Å². The second kappa shape index (κ2) is 4.14. The van der Waals surface area contributed by atoms with Crippen molar-refractivity contribution in [3.8, 4) is 0 Å². The fourth-order valence-corrected chi connectivity index (χ4v) is 1.81. The zero-order chi connectivity index (χ0) is 11.7. The number of aliphatic hydroxyl groups excluding tert-OH is 2. The molecule has 16 heavy (non-hydrogen) atoms. The van der Waals surface area contributed by atoms with Crippen LogP contribution >= 0.6 is 0 Å². The van der Waals surface area contributed by atoms with Crippen molar-refractivity contribution in [1.82, 2.24) is 0 Å². The molecule has 0 saturated carbocycles. The molecule has 1 unspecified atom stereocenters. The number of rotatable bonds is 2. The second-order valence-electron chi connectivity index (χ2n) is 3.93. The highest BCUT2D eigenvalue weighted by atomic mass is 16.5. The molecule has 86 valence electrons. The molecule has 2 aliphatic rings. The Bertz CT molecular complexity index is 415. The summed E-state index contributed by atoms with van der Waals surface area (Å²) in [4.78, 5) is 11.5. The molecule has 0 aromatic carbocycles. The van der Waals surface area contributed by atoms with Gasteiger partial charge in [-0.05, 0) is 18.6 Å². The van der Waals surface area contributed by atoms with Crippen molar-refractivity contribution in [2.45, 2.75) is 32.3 Å². The van der Waals surface area contributed by atoms with Gasteiger partial charge in [0.1, 0.15) is 17.6 Å². The molecule has 4 nitrogen and oxygen atoms in total. The summed E-state index contributed by atoms with van der Waals surface area (Å²) in [6.45, 7) is 2.03. The van der Waals surface area contributed by atoms with Crippen LogP contribution in [0, 0.1) is 0 Å². The molecule has 0 bridgehead atoms. The molecule has 1 atom stereocenters. The van der Waals surface area contributed by atoms with E-state index in [-0.39, 0.29) is 12.2 Å². The lowest BCUT2D eigenvalue weighted by Gasteiger charge is -2.15. The van der Waals surface area contributed by atoms with Gasteiger partial charge in [0.15, 0.2) is 0 Å². The van der Waals surface area contributed by atoms with Crippen LogP contribution in [0.15, 0.2) is 34.8 Å². The fourth-order valence-electron chi connectivity index (χ4n) is 1.81. The van der Waals surface area contributed by atoms with Gasteiger partial charge in [-0.25, -0.2) is 4.79 Å². The Morgan fingerprint density at radius 1 is 1.62 bits per heavy atom. The quantitative estimate of drug-likeness (QED) is 0.698. The Hall–Kier alpha value is -1.55. The molecule has 0 fully saturated rings. The van der Waals surface area contributed by atoms with Crippen molar-refractivity contribution < 1.29 is 19.7 Å². The molecule has 2 N–H and O–H groups in total. The molecule has 1 aliphatic heterocycles. The minimum absolute atomic E-state index is 0.174. The number of esters is 1. The second-order valence-corrected chi connectivity index (χ2v) is 3.93. The van der Waals surface area contributed by atoms with E-state index in [1.807, 2.05) is 13.0 Å². The van der Waals surface area contributed by atoms with Crippen molar-refractivity contribution >= 4 is 5.97 Å². The molecule has 0 radical (unpaired) electrons. The normalized spacial score (nSPS) is 26.9. The van der Waals surface area contributed by atoms with Gasteiger partial charge in [-0.3, -0.25) is 0 Å². The topological polar surface area (TPSA) is 66.8 Å². The van der Waals surface area contributed by atoms with Gasteiger partial charge in [-0.2, -0.15) is 0 Å². The van der Waals surface area contributed by atoms with E-state index in [0.29, 0.717) is 16.9 Å². The number of carbonyl (C=O) groups excluding carboxylic acids is 1. The predicted octanol–water partition coefficient (Wildman–Crippen LogP) is 1.73. The first-order valence-electron chi connectivity index (χ1n) is 5.38. The van der Waals surface area contributed by atoms with Crippen molar-refractivity contribution in [3.05, 3.63) is 34.8 Å². The highest BCUT2D eigenvalue weighted by Crippen LogP contribution is 2.35. The molecular formula is C12H14O4. The van der Waals surface area contributed by atoms with Gasteiger partial charge in [0.2, 0.25) is 0 Å². The molecule has 0 aromatic heterocycles. The van der Waals surface area contributed by atoms with E-state index >= 15 is 0 Å². The molecule has 1 heterocycles. The van der Waals surface area contributed by atoms with Crippen LogP contribution in [0.2, 0.25) is 0 Å². The lowest BCUT2D eigenvalue weighted by molar-refractivity contribution is -0.132. The predicted molar refractivity (Wildman–Crippen MR) is 57.4 cm³/mol.